The lowest BCUT2D eigenvalue weighted by molar-refractivity contribution is -0.304. The molecule has 3 saturated heterocycles. The Morgan fingerprint density at radius 3 is 1.46 bits per heavy atom. The maximum Gasteiger partial charge on any atom is 0.413 e. The Kier molecular flexibility index (Phi) is 22.0. The lowest BCUT2D eigenvalue weighted by atomic mass is 9.40. The number of esters is 2. The molecule has 23 atom stereocenters. The molecule has 0 spiro atoms. The van der Waals surface area contributed by atoms with Gasteiger partial charge in [-0.15, -0.1) is 0 Å². The second kappa shape index (κ2) is 28.9. The first-order valence-electron chi connectivity index (χ1n) is 37.8. The minimum atomic E-state index is -1.84. The van der Waals surface area contributed by atoms with E-state index in [4.69, 9.17) is 47.4 Å². The summed E-state index contributed by atoms with van der Waals surface area (Å²) in [6, 6.07) is 22.6. The van der Waals surface area contributed by atoms with E-state index >= 15 is 4.79 Å². The average molecular weight is 1490 g/mol. The standard InChI is InChI=1S/C46H61NO11.C38H55NO10/c1-25-31(22-46(52)26(2)37-44(8)24-55-32(44)21-33(54-11)45(37,9)38(49)30(23-48)34(25)43(46,6)7)56-40(50)36-35(27-15-13-12-14-16-27)47(41(51)58-42(3,4)5)39(57-36)28-17-19-29(53-10)20-18-28;1-20-24(48-32(43)29(41)28(22-14-12-11-13-15-22)39-33(44)49-34(3,4)5)17-38(45)21(2)30-36(8)19-47-25(36)16-26(46-10)37(30,9)31(42)23(18-40)27(20)35(38,6)7/h12-20,26,30-33,35-37,39,48,52H,21-24H2,1-11H3;11-15,21,23-26,28-30,40-41,45H,16-19H2,1-10H3,(H,39,44)/t26-,30+,31-,32+,33-,35?,36?,37?,39?,44+,45+,46+;21-,23+,24-,25+,26-,28?,29?,30?,36+,37+,38+/m00/s1. The number of carbonyl (C=O) groups excluding carboxylic acids is 6. The molecule has 4 saturated carbocycles. The number of benzene rings is 3. The van der Waals surface area contributed by atoms with Crippen LogP contribution in [0.3, 0.4) is 0 Å². The number of hydrogen-bond acceptors (Lipinski definition) is 21. The Labute approximate surface area is 630 Å². The fraction of sp³-hybridized carbons (Fsp3) is 0.667. The van der Waals surface area contributed by atoms with Crippen molar-refractivity contribution in [2.75, 3.05) is 47.8 Å². The maximum atomic E-state index is 15.2. The molecular formula is C84H116N2O21. The molecule has 7 fully saturated rings. The lowest BCUT2D eigenvalue weighted by Crippen LogP contribution is -2.75. The van der Waals surface area contributed by atoms with E-state index in [0.29, 0.717) is 70.8 Å². The van der Waals surface area contributed by atoms with Crippen molar-refractivity contribution in [3.8, 4) is 5.75 Å². The highest BCUT2D eigenvalue weighted by Gasteiger charge is 2.75. The van der Waals surface area contributed by atoms with Crippen LogP contribution >= 0.6 is 0 Å². The summed E-state index contributed by atoms with van der Waals surface area (Å²) >= 11 is 0. The first-order valence-corrected chi connectivity index (χ1v) is 37.8. The molecule has 2 amide bonds. The number of aliphatic hydroxyl groups excluding tert-OH is 3. The molecule has 3 heterocycles. The number of methoxy groups -OCH3 is 3. The third-order valence-electron chi connectivity index (χ3n) is 27.1. The summed E-state index contributed by atoms with van der Waals surface area (Å²) in [7, 11) is 4.76. The van der Waals surface area contributed by atoms with Gasteiger partial charge in [0.05, 0.1) is 97.9 Å². The van der Waals surface area contributed by atoms with Crippen molar-refractivity contribution in [1.82, 2.24) is 10.2 Å². The maximum absolute atomic E-state index is 15.2. The molecule has 23 heteroatoms. The number of amides is 2. The molecule has 6 N–H and O–H groups in total. The molecule has 0 radical (unpaired) electrons. The van der Waals surface area contributed by atoms with E-state index in [9.17, 15) is 49.5 Å². The molecule has 7 unspecified atom stereocenters. The van der Waals surface area contributed by atoms with Gasteiger partial charge in [-0.1, -0.05) is 128 Å². The highest BCUT2D eigenvalue weighted by molar-refractivity contribution is 5.93. The van der Waals surface area contributed by atoms with Gasteiger partial charge in [0.25, 0.3) is 0 Å². The third-order valence-corrected chi connectivity index (χ3v) is 27.1. The van der Waals surface area contributed by atoms with Gasteiger partial charge in [0.2, 0.25) is 0 Å². The molecule has 9 aliphatic rings. The van der Waals surface area contributed by atoms with Gasteiger partial charge in [-0.3, -0.25) is 14.5 Å². The number of fused-ring (bicyclic) bond motifs is 10. The van der Waals surface area contributed by atoms with E-state index in [-0.39, 0.29) is 36.6 Å². The zero-order chi connectivity index (χ0) is 78.8. The van der Waals surface area contributed by atoms with Crippen molar-refractivity contribution in [2.45, 2.75) is 240 Å². The van der Waals surface area contributed by atoms with Gasteiger partial charge >= 0.3 is 24.1 Å². The van der Waals surface area contributed by atoms with Crippen LogP contribution < -0.4 is 10.1 Å². The molecule has 3 aromatic rings. The summed E-state index contributed by atoms with van der Waals surface area (Å²) < 4.78 is 60.2. The number of carbonyl (C=O) groups is 6. The number of nitrogens with one attached hydrogen (secondary N) is 1. The molecule has 6 aliphatic carbocycles. The topological polar surface area (TPSA) is 311 Å². The zero-order valence-corrected chi connectivity index (χ0v) is 66.3. The number of alkyl carbamates (subject to hydrolysis) is 1. The fourth-order valence-electron chi connectivity index (χ4n) is 21.9. The quantitative estimate of drug-likeness (QED) is 0.0496. The van der Waals surface area contributed by atoms with E-state index in [2.05, 4.69) is 19.2 Å². The number of ether oxygens (including phenoxy) is 10. The molecule has 3 aromatic carbocycles. The van der Waals surface area contributed by atoms with Crippen LogP contribution in [0.2, 0.25) is 0 Å². The van der Waals surface area contributed by atoms with Crippen molar-refractivity contribution >= 4 is 35.7 Å². The fourth-order valence-corrected chi connectivity index (χ4v) is 21.9. The van der Waals surface area contributed by atoms with E-state index in [1.165, 1.54) is 4.90 Å². The van der Waals surface area contributed by atoms with Crippen LogP contribution in [0.15, 0.2) is 107 Å². The predicted molar refractivity (Wildman–Crippen MR) is 393 cm³/mol. The summed E-state index contributed by atoms with van der Waals surface area (Å²) in [4.78, 5) is 87.4. The number of nitrogens with zero attached hydrogens (tertiary/aromatic N) is 1. The summed E-state index contributed by atoms with van der Waals surface area (Å²) in [5.41, 5.74) is -5.87. The molecule has 3 aliphatic heterocycles. The average Bonchev–Trinajstić information content (AvgIpc) is 0.924. The number of ketones is 2. The molecule has 588 valence electrons. The summed E-state index contributed by atoms with van der Waals surface area (Å²) in [5, 5.41) is 62.7. The predicted octanol–water partition coefficient (Wildman–Crippen LogP) is 11.0. The highest BCUT2D eigenvalue weighted by Crippen LogP contribution is 2.70. The molecule has 12 rings (SSSR count). The van der Waals surface area contributed by atoms with Crippen LogP contribution in [0.25, 0.3) is 0 Å². The van der Waals surface area contributed by atoms with E-state index in [1.54, 1.807) is 124 Å². The van der Waals surface area contributed by atoms with Crippen molar-refractivity contribution < 1.29 is 102 Å². The van der Waals surface area contributed by atoms with Crippen LogP contribution in [-0.2, 0) is 61.8 Å². The van der Waals surface area contributed by atoms with Crippen LogP contribution in [0.1, 0.15) is 185 Å². The van der Waals surface area contributed by atoms with Crippen LogP contribution in [0, 0.1) is 68.0 Å². The van der Waals surface area contributed by atoms with Crippen molar-refractivity contribution in [1.29, 1.82) is 0 Å². The number of rotatable bonds is 14. The highest BCUT2D eigenvalue weighted by atomic mass is 16.6. The van der Waals surface area contributed by atoms with Gasteiger partial charge in [-0.2, -0.15) is 0 Å². The van der Waals surface area contributed by atoms with E-state index in [1.807, 2.05) is 92.6 Å². The van der Waals surface area contributed by atoms with Crippen LogP contribution in [0.5, 0.6) is 5.75 Å². The Morgan fingerprint density at radius 1 is 0.617 bits per heavy atom. The SMILES string of the molecule is CO[C@H]1C[C@H]2OC[C@@]2(C)C2[C@H](C)[C@]3(O)C[C@H](OC(=O)C(O)C(NC(=O)OC(C)(C)C)c4ccccc4)C(C)=C([C@@H](CO)C(=O)[C@@]21C)C3(C)C.COc1ccc(C2OC(C(=O)O[C@H]3C[C@@]4(O)[C@@H](C)C5[C@]6(C)CO[C@@H]6C[C@H](OC)[C@@]5(C)C(=O)[C@H](CO)C(=C3C)C4(C)C)C(c3ccccc3)N2C(=O)OC(C)(C)C)cc1. The van der Waals surface area contributed by atoms with E-state index in [0.717, 1.165) is 0 Å². The number of hydrogen-bond donors (Lipinski definition) is 6. The Hall–Kier alpha value is -6.64. The number of Topliss-reactive ketones (excluding diaryl/α,β-unsaturated/α-hetero) is 2. The molecule has 23 nitrogen and oxygen atoms in total. The summed E-state index contributed by atoms with van der Waals surface area (Å²) in [6.45, 7) is 33.5. The second-order valence-electron chi connectivity index (χ2n) is 35.8. The third kappa shape index (κ3) is 13.2. The summed E-state index contributed by atoms with van der Waals surface area (Å²) in [5.74, 6) is -5.29. The van der Waals surface area contributed by atoms with Gasteiger partial charge in [-0.25, -0.2) is 19.2 Å². The van der Waals surface area contributed by atoms with E-state index < -0.39 is 183 Å². The van der Waals surface area contributed by atoms with Gasteiger partial charge in [-0.05, 0) is 138 Å². The van der Waals surface area contributed by atoms with Crippen molar-refractivity contribution in [3.63, 3.8) is 0 Å². The molecular weight excluding hydrogens is 1370 g/mol. The molecule has 107 heavy (non-hydrogen) atoms. The van der Waals surface area contributed by atoms with Gasteiger partial charge in [0.1, 0.15) is 35.2 Å². The first kappa shape index (κ1) is 81.4. The van der Waals surface area contributed by atoms with Gasteiger partial charge in [0, 0.05) is 67.1 Å². The van der Waals surface area contributed by atoms with Crippen LogP contribution in [0.4, 0.5) is 9.59 Å². The first-order chi connectivity index (χ1) is 49.9. The lowest BCUT2D eigenvalue weighted by Gasteiger charge is -2.69. The Morgan fingerprint density at radius 2 is 1.06 bits per heavy atom. The monoisotopic (exact) mass is 1490 g/mol. The zero-order valence-electron chi connectivity index (χ0n) is 66.3. The summed E-state index contributed by atoms with van der Waals surface area (Å²) in [6.07, 6.45) is -8.00. The van der Waals surface area contributed by atoms with Gasteiger partial charge < -0.3 is 78.2 Å². The second-order valence-corrected chi connectivity index (χ2v) is 35.8. The van der Waals surface area contributed by atoms with Crippen molar-refractivity contribution in [3.05, 3.63) is 124 Å². The minimum absolute atomic E-state index is 0.0113. The molecule has 4 bridgehead atoms. The van der Waals surface area contributed by atoms with Crippen LogP contribution in [-0.4, -0.2) is 185 Å². The smallest absolute Gasteiger partial charge is 0.413 e. The Balaban J connectivity index is 0.000000216. The Bertz CT molecular complexity index is 3920. The molecule has 0 aromatic heterocycles. The number of aliphatic hydroxyl groups is 5. The van der Waals surface area contributed by atoms with Gasteiger partial charge in [0.15, 0.2) is 30.0 Å². The largest absolute Gasteiger partial charge is 0.497 e. The van der Waals surface area contributed by atoms with Crippen molar-refractivity contribution in [2.24, 2.45) is 68.0 Å². The minimum Gasteiger partial charge on any atom is -0.497 e. The normalized spacial score (nSPS) is 38.1.